The Kier molecular flexibility index (Phi) is 6.44. The molecule has 8 heteroatoms. The zero-order valence-corrected chi connectivity index (χ0v) is 13.6. The first-order chi connectivity index (χ1) is 9.74. The molecule has 0 aliphatic heterocycles. The van der Waals surface area contributed by atoms with Gasteiger partial charge in [-0.25, -0.2) is 13.1 Å². The molecular formula is C13H20ClN3O3S. The summed E-state index contributed by atoms with van der Waals surface area (Å²) in [6.07, 6.45) is 0.0519. The standard InChI is InChI=1S/C13H20ClN3O3S/c1-9(2)8-16-12(18)6-7-17-21(19,20)13-10(14)4-3-5-11(13)15/h3-5,9,17H,6-8,15H2,1-2H3,(H,16,18). The second-order valence-electron chi connectivity index (χ2n) is 5.00. The highest BCUT2D eigenvalue weighted by Crippen LogP contribution is 2.26. The fourth-order valence-electron chi connectivity index (χ4n) is 1.59. The molecule has 118 valence electrons. The highest BCUT2D eigenvalue weighted by Gasteiger charge is 2.20. The molecule has 1 amide bonds. The minimum atomic E-state index is -3.84. The predicted octanol–water partition coefficient (Wildman–Crippen LogP) is 1.36. The Labute approximate surface area is 130 Å². The van der Waals surface area contributed by atoms with Gasteiger partial charge in [-0.15, -0.1) is 0 Å². The van der Waals surface area contributed by atoms with Crippen LogP contribution in [0.3, 0.4) is 0 Å². The van der Waals surface area contributed by atoms with E-state index in [1.807, 2.05) is 13.8 Å². The predicted molar refractivity (Wildman–Crippen MR) is 83.5 cm³/mol. The monoisotopic (exact) mass is 333 g/mol. The van der Waals surface area contributed by atoms with Crippen molar-refractivity contribution in [2.75, 3.05) is 18.8 Å². The molecule has 0 atom stereocenters. The van der Waals surface area contributed by atoms with Crippen molar-refractivity contribution in [3.05, 3.63) is 23.2 Å². The SMILES string of the molecule is CC(C)CNC(=O)CCNS(=O)(=O)c1c(N)cccc1Cl. The number of carbonyl (C=O) groups is 1. The number of anilines is 1. The third-order valence-corrected chi connectivity index (χ3v) is 4.62. The summed E-state index contributed by atoms with van der Waals surface area (Å²) < 4.78 is 26.6. The van der Waals surface area contributed by atoms with E-state index in [2.05, 4.69) is 10.0 Å². The zero-order valence-electron chi connectivity index (χ0n) is 12.0. The van der Waals surface area contributed by atoms with Gasteiger partial charge in [0.25, 0.3) is 0 Å². The Morgan fingerprint density at radius 2 is 2.05 bits per heavy atom. The number of nitrogens with two attached hydrogens (primary N) is 1. The van der Waals surface area contributed by atoms with Gasteiger partial charge in [0.1, 0.15) is 4.90 Å². The van der Waals surface area contributed by atoms with Gasteiger partial charge in [0, 0.05) is 19.5 Å². The molecule has 0 aromatic heterocycles. The largest absolute Gasteiger partial charge is 0.398 e. The molecule has 0 heterocycles. The maximum atomic E-state index is 12.1. The van der Waals surface area contributed by atoms with Gasteiger partial charge in [-0.3, -0.25) is 4.79 Å². The summed E-state index contributed by atoms with van der Waals surface area (Å²) in [7, 11) is -3.84. The smallest absolute Gasteiger partial charge is 0.244 e. The third kappa shape index (κ3) is 5.53. The summed E-state index contributed by atoms with van der Waals surface area (Å²) in [5.41, 5.74) is 5.71. The Balaban J connectivity index is 2.60. The maximum Gasteiger partial charge on any atom is 0.244 e. The lowest BCUT2D eigenvalue weighted by Gasteiger charge is -2.11. The quantitative estimate of drug-likeness (QED) is 0.656. The van der Waals surface area contributed by atoms with Crippen molar-refractivity contribution in [1.82, 2.24) is 10.0 Å². The molecule has 0 unspecified atom stereocenters. The Bertz CT molecular complexity index is 582. The van der Waals surface area contributed by atoms with Crippen LogP contribution in [0.4, 0.5) is 5.69 Å². The van der Waals surface area contributed by atoms with Crippen molar-refractivity contribution >= 4 is 33.2 Å². The summed E-state index contributed by atoms with van der Waals surface area (Å²) in [6.45, 7) is 4.49. The molecule has 0 saturated carbocycles. The van der Waals surface area contributed by atoms with Crippen LogP contribution in [0.1, 0.15) is 20.3 Å². The highest BCUT2D eigenvalue weighted by molar-refractivity contribution is 7.89. The van der Waals surface area contributed by atoms with E-state index in [9.17, 15) is 13.2 Å². The lowest BCUT2D eigenvalue weighted by molar-refractivity contribution is -0.121. The summed E-state index contributed by atoms with van der Waals surface area (Å²) >= 11 is 5.86. The van der Waals surface area contributed by atoms with E-state index in [1.165, 1.54) is 12.1 Å². The minimum absolute atomic E-state index is 0.0169. The molecule has 1 rings (SSSR count). The second-order valence-corrected chi connectivity index (χ2v) is 7.11. The third-order valence-electron chi connectivity index (χ3n) is 2.62. The molecule has 0 fully saturated rings. The van der Waals surface area contributed by atoms with Crippen molar-refractivity contribution < 1.29 is 13.2 Å². The summed E-state index contributed by atoms with van der Waals surface area (Å²) in [6, 6.07) is 4.47. The van der Waals surface area contributed by atoms with E-state index in [0.29, 0.717) is 12.5 Å². The highest BCUT2D eigenvalue weighted by atomic mass is 35.5. The fourth-order valence-corrected chi connectivity index (χ4v) is 3.29. The normalized spacial score (nSPS) is 11.6. The number of nitrogens with one attached hydrogen (secondary N) is 2. The number of hydrogen-bond acceptors (Lipinski definition) is 4. The zero-order chi connectivity index (χ0) is 16.0. The number of carbonyl (C=O) groups excluding carboxylic acids is 1. The van der Waals surface area contributed by atoms with Crippen molar-refractivity contribution in [1.29, 1.82) is 0 Å². The van der Waals surface area contributed by atoms with Crippen LogP contribution in [-0.4, -0.2) is 27.4 Å². The van der Waals surface area contributed by atoms with E-state index < -0.39 is 10.0 Å². The minimum Gasteiger partial charge on any atom is -0.398 e. The molecule has 21 heavy (non-hydrogen) atoms. The summed E-state index contributed by atoms with van der Waals surface area (Å²) in [5, 5.41) is 2.75. The van der Waals surface area contributed by atoms with Gasteiger partial charge in [-0.1, -0.05) is 31.5 Å². The number of amides is 1. The number of halogens is 1. The molecule has 0 bridgehead atoms. The number of nitrogen functional groups attached to an aromatic ring is 1. The van der Waals surface area contributed by atoms with Gasteiger partial charge in [0.15, 0.2) is 0 Å². The van der Waals surface area contributed by atoms with Crippen LogP contribution in [0.5, 0.6) is 0 Å². The van der Waals surface area contributed by atoms with Crippen molar-refractivity contribution in [2.24, 2.45) is 5.92 Å². The fraction of sp³-hybridized carbons (Fsp3) is 0.462. The van der Waals surface area contributed by atoms with E-state index in [0.717, 1.165) is 0 Å². The van der Waals surface area contributed by atoms with Crippen molar-refractivity contribution in [3.63, 3.8) is 0 Å². The lowest BCUT2D eigenvalue weighted by Crippen LogP contribution is -2.32. The number of rotatable bonds is 7. The Hall–Kier alpha value is -1.31. The molecule has 0 aliphatic carbocycles. The van der Waals surface area contributed by atoms with E-state index >= 15 is 0 Å². The van der Waals surface area contributed by atoms with Crippen LogP contribution in [0.2, 0.25) is 5.02 Å². The van der Waals surface area contributed by atoms with Gasteiger partial charge in [-0.05, 0) is 18.1 Å². The topological polar surface area (TPSA) is 101 Å². The van der Waals surface area contributed by atoms with Crippen LogP contribution in [0.25, 0.3) is 0 Å². The molecule has 1 aromatic rings. The molecule has 0 saturated heterocycles. The van der Waals surface area contributed by atoms with Gasteiger partial charge < -0.3 is 11.1 Å². The second kappa shape index (κ2) is 7.63. The number of hydrogen-bond donors (Lipinski definition) is 3. The average molecular weight is 334 g/mol. The Morgan fingerprint density at radius 1 is 1.38 bits per heavy atom. The van der Waals surface area contributed by atoms with Crippen LogP contribution in [-0.2, 0) is 14.8 Å². The molecular weight excluding hydrogens is 314 g/mol. The molecule has 0 aliphatic rings. The molecule has 6 nitrogen and oxygen atoms in total. The van der Waals surface area contributed by atoms with Crippen molar-refractivity contribution in [3.8, 4) is 0 Å². The van der Waals surface area contributed by atoms with Crippen LogP contribution in [0, 0.1) is 5.92 Å². The van der Waals surface area contributed by atoms with Gasteiger partial charge >= 0.3 is 0 Å². The first-order valence-electron chi connectivity index (χ1n) is 6.54. The Morgan fingerprint density at radius 3 is 2.62 bits per heavy atom. The van der Waals surface area contributed by atoms with Crippen LogP contribution in [0.15, 0.2) is 23.1 Å². The van der Waals surface area contributed by atoms with E-state index in [-0.39, 0.29) is 34.5 Å². The molecule has 0 radical (unpaired) electrons. The maximum absolute atomic E-state index is 12.1. The molecule has 4 N–H and O–H groups in total. The van der Waals surface area contributed by atoms with Gasteiger partial charge in [0.2, 0.25) is 15.9 Å². The number of sulfonamides is 1. The summed E-state index contributed by atoms with van der Waals surface area (Å²) in [4.78, 5) is 11.3. The average Bonchev–Trinajstić information content (AvgIpc) is 2.35. The molecule has 0 spiro atoms. The first kappa shape index (κ1) is 17.7. The lowest BCUT2D eigenvalue weighted by atomic mass is 10.2. The van der Waals surface area contributed by atoms with Crippen LogP contribution < -0.4 is 15.8 Å². The van der Waals surface area contributed by atoms with Crippen LogP contribution >= 0.6 is 11.6 Å². The molecule has 1 aromatic carbocycles. The van der Waals surface area contributed by atoms with E-state index in [4.69, 9.17) is 17.3 Å². The van der Waals surface area contributed by atoms with Gasteiger partial charge in [0.05, 0.1) is 10.7 Å². The number of benzene rings is 1. The van der Waals surface area contributed by atoms with Gasteiger partial charge in [-0.2, -0.15) is 0 Å². The van der Waals surface area contributed by atoms with E-state index in [1.54, 1.807) is 6.07 Å². The first-order valence-corrected chi connectivity index (χ1v) is 8.40. The van der Waals surface area contributed by atoms with Crippen molar-refractivity contribution in [2.45, 2.75) is 25.2 Å². The summed E-state index contributed by atoms with van der Waals surface area (Å²) in [5.74, 6) is 0.132.